The molecule has 1 heterocycles. The Balaban J connectivity index is 2.46. The largest absolute Gasteiger partial charge is 0.409 e. The molecule has 0 spiro atoms. The Morgan fingerprint density at radius 1 is 1.19 bits per heavy atom. The zero-order valence-electron chi connectivity index (χ0n) is 8.62. The number of allylic oxidation sites excluding steroid dienone is 1. The van der Waals surface area contributed by atoms with Crippen molar-refractivity contribution in [3.05, 3.63) is 42.1 Å². The first kappa shape index (κ1) is 10.8. The van der Waals surface area contributed by atoms with E-state index in [4.69, 9.17) is 0 Å². The predicted octanol–water partition coefficient (Wildman–Crippen LogP) is 3.75. The number of hydrogen-bond acceptors (Lipinski definition) is 0. The lowest BCUT2D eigenvalue weighted by atomic mass is 10.2. The predicted molar refractivity (Wildman–Crippen MR) is 58.0 cm³/mol. The maximum absolute atomic E-state index is 12.0. The summed E-state index contributed by atoms with van der Waals surface area (Å²) in [6.07, 6.45) is -2.93. The molecule has 0 radical (unpaired) electrons. The van der Waals surface area contributed by atoms with Crippen LogP contribution in [0.25, 0.3) is 17.0 Å². The molecule has 0 aliphatic heterocycles. The van der Waals surface area contributed by atoms with Crippen LogP contribution in [0.3, 0.4) is 0 Å². The minimum atomic E-state index is -4.27. The van der Waals surface area contributed by atoms with Gasteiger partial charge in [-0.2, -0.15) is 13.2 Å². The highest BCUT2D eigenvalue weighted by molar-refractivity contribution is 5.83. The average molecular weight is 225 g/mol. The quantitative estimate of drug-likeness (QED) is 0.696. The molecule has 16 heavy (non-hydrogen) atoms. The van der Waals surface area contributed by atoms with Crippen LogP contribution in [0.1, 0.15) is 5.69 Å². The number of benzene rings is 1. The second-order valence-electron chi connectivity index (χ2n) is 3.56. The van der Waals surface area contributed by atoms with Crippen LogP contribution < -0.4 is 0 Å². The summed E-state index contributed by atoms with van der Waals surface area (Å²) in [5.41, 5.74) is 1.46. The first-order valence-electron chi connectivity index (χ1n) is 4.78. The van der Waals surface area contributed by atoms with Gasteiger partial charge in [0.2, 0.25) is 0 Å². The summed E-state index contributed by atoms with van der Waals surface area (Å²) in [6, 6.07) is 9.21. The summed E-state index contributed by atoms with van der Waals surface area (Å²) >= 11 is 0. The molecule has 0 aliphatic rings. The number of rotatable bonds is 1. The fourth-order valence-corrected chi connectivity index (χ4v) is 1.65. The van der Waals surface area contributed by atoms with Gasteiger partial charge in [-0.05, 0) is 18.2 Å². The van der Waals surface area contributed by atoms with Gasteiger partial charge >= 0.3 is 6.18 Å². The molecule has 0 aliphatic carbocycles. The third-order valence-corrected chi connectivity index (χ3v) is 2.43. The maximum Gasteiger partial charge on any atom is 0.409 e. The van der Waals surface area contributed by atoms with Gasteiger partial charge in [0.1, 0.15) is 0 Å². The number of hydrogen-bond donors (Lipinski definition) is 0. The van der Waals surface area contributed by atoms with Crippen molar-refractivity contribution < 1.29 is 13.2 Å². The van der Waals surface area contributed by atoms with Gasteiger partial charge < -0.3 is 4.57 Å². The number of aromatic nitrogens is 1. The van der Waals surface area contributed by atoms with E-state index in [1.54, 1.807) is 17.7 Å². The lowest BCUT2D eigenvalue weighted by molar-refractivity contribution is -0.0790. The van der Waals surface area contributed by atoms with Crippen molar-refractivity contribution in [3.63, 3.8) is 0 Å². The first-order chi connectivity index (χ1) is 7.47. The lowest BCUT2D eigenvalue weighted by Crippen LogP contribution is -2.01. The van der Waals surface area contributed by atoms with Gasteiger partial charge in [-0.1, -0.05) is 18.2 Å². The first-order valence-corrected chi connectivity index (χ1v) is 4.78. The smallest absolute Gasteiger partial charge is 0.344 e. The average Bonchev–Trinajstić information content (AvgIpc) is 2.53. The van der Waals surface area contributed by atoms with Gasteiger partial charge in [0.15, 0.2) is 0 Å². The third-order valence-electron chi connectivity index (χ3n) is 2.43. The molecule has 0 saturated heterocycles. The van der Waals surface area contributed by atoms with E-state index >= 15 is 0 Å². The minimum Gasteiger partial charge on any atom is -0.344 e. The Morgan fingerprint density at radius 2 is 1.88 bits per heavy atom. The Hall–Kier alpha value is -1.71. The Morgan fingerprint density at radius 3 is 2.50 bits per heavy atom. The van der Waals surface area contributed by atoms with Crippen molar-refractivity contribution in [2.45, 2.75) is 6.18 Å². The van der Waals surface area contributed by atoms with E-state index in [-0.39, 0.29) is 6.08 Å². The Bertz CT molecular complexity index is 535. The van der Waals surface area contributed by atoms with Gasteiger partial charge in [0.25, 0.3) is 0 Å². The van der Waals surface area contributed by atoms with Crippen LogP contribution in [-0.4, -0.2) is 10.7 Å². The van der Waals surface area contributed by atoms with Crippen LogP contribution in [0.2, 0.25) is 0 Å². The number of nitrogens with zero attached hydrogens (tertiary/aromatic N) is 1. The maximum atomic E-state index is 12.0. The molecule has 2 rings (SSSR count). The van der Waals surface area contributed by atoms with Crippen molar-refractivity contribution in [3.8, 4) is 0 Å². The van der Waals surface area contributed by atoms with Crippen LogP contribution in [-0.2, 0) is 7.05 Å². The molecule has 0 unspecified atom stereocenters. The van der Waals surface area contributed by atoms with E-state index < -0.39 is 6.18 Å². The topological polar surface area (TPSA) is 4.93 Å². The zero-order valence-corrected chi connectivity index (χ0v) is 8.62. The molecule has 1 nitrogen and oxygen atoms in total. The van der Waals surface area contributed by atoms with Crippen LogP contribution in [0, 0.1) is 0 Å². The van der Waals surface area contributed by atoms with Crippen LogP contribution in [0.4, 0.5) is 13.2 Å². The summed E-state index contributed by atoms with van der Waals surface area (Å²) in [4.78, 5) is 0. The summed E-state index contributed by atoms with van der Waals surface area (Å²) in [7, 11) is 1.75. The number of aryl methyl sites for hydroxylation is 1. The summed E-state index contributed by atoms with van der Waals surface area (Å²) < 4.78 is 37.8. The van der Waals surface area contributed by atoms with Crippen molar-refractivity contribution in [1.29, 1.82) is 0 Å². The number of fused-ring (bicyclic) bond motifs is 1. The summed E-state index contributed by atoms with van der Waals surface area (Å²) in [5.74, 6) is 0. The van der Waals surface area contributed by atoms with Gasteiger partial charge in [0, 0.05) is 29.7 Å². The molecule has 1 aromatic carbocycles. The highest BCUT2D eigenvalue weighted by Gasteiger charge is 2.22. The molecule has 0 N–H and O–H groups in total. The van der Waals surface area contributed by atoms with Crippen molar-refractivity contribution in [2.75, 3.05) is 0 Å². The van der Waals surface area contributed by atoms with E-state index in [2.05, 4.69) is 0 Å². The summed E-state index contributed by atoms with van der Waals surface area (Å²) in [6.45, 7) is 0. The van der Waals surface area contributed by atoms with E-state index in [0.717, 1.165) is 17.0 Å². The molecule has 0 fully saturated rings. The molecule has 84 valence electrons. The SMILES string of the molecule is Cn1c(/C=C/C(F)(F)F)cc2ccccc21. The van der Waals surface area contributed by atoms with Gasteiger partial charge in [-0.3, -0.25) is 0 Å². The number of alkyl halides is 3. The van der Waals surface area contributed by atoms with E-state index in [9.17, 15) is 13.2 Å². The molecule has 0 amide bonds. The van der Waals surface area contributed by atoms with Gasteiger partial charge in [-0.15, -0.1) is 0 Å². The Labute approximate surface area is 90.8 Å². The standard InChI is InChI=1S/C12H10F3N/c1-16-10(6-7-12(13,14)15)8-9-4-2-3-5-11(9)16/h2-8H,1H3/b7-6+. The molecular formula is C12H10F3N. The fraction of sp³-hybridized carbons (Fsp3) is 0.167. The summed E-state index contributed by atoms with van der Waals surface area (Å²) in [5, 5.41) is 0.937. The molecule has 0 atom stereocenters. The second-order valence-corrected chi connectivity index (χ2v) is 3.56. The minimum absolute atomic E-state index is 0.251. The van der Waals surface area contributed by atoms with Crippen LogP contribution in [0.5, 0.6) is 0 Å². The second kappa shape index (κ2) is 3.70. The highest BCUT2D eigenvalue weighted by Crippen LogP contribution is 2.22. The number of para-hydroxylation sites is 1. The van der Waals surface area contributed by atoms with Crippen LogP contribution in [0.15, 0.2) is 36.4 Å². The molecule has 2 aromatic rings. The number of halogens is 3. The van der Waals surface area contributed by atoms with Gasteiger partial charge in [0.05, 0.1) is 0 Å². The molecule has 4 heteroatoms. The highest BCUT2D eigenvalue weighted by atomic mass is 19.4. The van der Waals surface area contributed by atoms with Crippen molar-refractivity contribution >= 4 is 17.0 Å². The Kier molecular flexibility index (Phi) is 2.50. The molecular weight excluding hydrogens is 215 g/mol. The molecule has 1 aromatic heterocycles. The lowest BCUT2D eigenvalue weighted by Gasteiger charge is -2.00. The van der Waals surface area contributed by atoms with Gasteiger partial charge in [-0.25, -0.2) is 0 Å². The zero-order chi connectivity index (χ0) is 11.8. The van der Waals surface area contributed by atoms with E-state index in [0.29, 0.717) is 5.69 Å². The van der Waals surface area contributed by atoms with E-state index in [1.165, 1.54) is 0 Å². The van der Waals surface area contributed by atoms with Crippen molar-refractivity contribution in [1.82, 2.24) is 4.57 Å². The normalized spacial score (nSPS) is 12.8. The third kappa shape index (κ3) is 2.10. The van der Waals surface area contributed by atoms with E-state index in [1.807, 2.05) is 24.3 Å². The molecule has 0 bridgehead atoms. The van der Waals surface area contributed by atoms with Crippen molar-refractivity contribution in [2.24, 2.45) is 7.05 Å². The molecule has 0 saturated carbocycles. The monoisotopic (exact) mass is 225 g/mol. The van der Waals surface area contributed by atoms with Crippen LogP contribution >= 0.6 is 0 Å². The fourth-order valence-electron chi connectivity index (χ4n) is 1.65.